The Morgan fingerprint density at radius 3 is 2.56 bits per heavy atom. The minimum atomic E-state index is -0.0126. The average molecular weight is 223 g/mol. The second-order valence-corrected chi connectivity index (χ2v) is 4.00. The highest BCUT2D eigenvalue weighted by Crippen LogP contribution is 2.17. The fraction of sp³-hybridized carbons (Fsp3) is 0.636. The van der Waals surface area contributed by atoms with Crippen molar-refractivity contribution in [2.45, 2.75) is 25.5 Å². The molecule has 0 amide bonds. The lowest BCUT2D eigenvalue weighted by atomic mass is 10.1. The summed E-state index contributed by atoms with van der Waals surface area (Å²) in [5.74, 6) is 0.712. The van der Waals surface area contributed by atoms with Crippen LogP contribution in [0, 0.1) is 0 Å². The highest BCUT2D eigenvalue weighted by molar-refractivity contribution is 5.30. The predicted octanol–water partition coefficient (Wildman–Crippen LogP) is 0.584. The van der Waals surface area contributed by atoms with Gasteiger partial charge < -0.3 is 14.7 Å². The SMILES string of the molecule is CN(c1ncc(CO)cn1)C1CCOCC1. The van der Waals surface area contributed by atoms with Gasteiger partial charge in [-0.05, 0) is 12.8 Å². The summed E-state index contributed by atoms with van der Waals surface area (Å²) >= 11 is 0. The molecular formula is C11H17N3O2. The first-order valence-electron chi connectivity index (χ1n) is 5.53. The zero-order valence-electron chi connectivity index (χ0n) is 9.46. The third-order valence-corrected chi connectivity index (χ3v) is 2.93. The maximum Gasteiger partial charge on any atom is 0.225 e. The Bertz CT molecular complexity index is 323. The molecule has 0 aromatic carbocycles. The van der Waals surface area contributed by atoms with Crippen molar-refractivity contribution in [3.05, 3.63) is 18.0 Å². The van der Waals surface area contributed by atoms with E-state index in [0.29, 0.717) is 12.0 Å². The zero-order valence-corrected chi connectivity index (χ0v) is 9.46. The van der Waals surface area contributed by atoms with E-state index in [4.69, 9.17) is 9.84 Å². The normalized spacial score (nSPS) is 17.4. The van der Waals surface area contributed by atoms with Gasteiger partial charge in [0.1, 0.15) is 0 Å². The maximum atomic E-state index is 8.91. The van der Waals surface area contributed by atoms with Crippen molar-refractivity contribution in [2.75, 3.05) is 25.2 Å². The molecule has 0 unspecified atom stereocenters. The van der Waals surface area contributed by atoms with Gasteiger partial charge in [-0.25, -0.2) is 9.97 Å². The van der Waals surface area contributed by atoms with Crippen LogP contribution in [-0.4, -0.2) is 41.4 Å². The largest absolute Gasteiger partial charge is 0.392 e. The van der Waals surface area contributed by atoms with E-state index in [-0.39, 0.29) is 6.61 Å². The van der Waals surface area contributed by atoms with Crippen molar-refractivity contribution in [3.8, 4) is 0 Å². The fourth-order valence-corrected chi connectivity index (χ4v) is 1.85. The van der Waals surface area contributed by atoms with E-state index in [1.165, 1.54) is 0 Å². The number of hydrogen-bond acceptors (Lipinski definition) is 5. The Balaban J connectivity index is 2.04. The van der Waals surface area contributed by atoms with Crippen LogP contribution in [0.3, 0.4) is 0 Å². The molecule has 0 aliphatic carbocycles. The van der Waals surface area contributed by atoms with Crippen molar-refractivity contribution >= 4 is 5.95 Å². The minimum absolute atomic E-state index is 0.0126. The molecule has 2 rings (SSSR count). The molecule has 0 spiro atoms. The van der Waals surface area contributed by atoms with E-state index in [1.54, 1.807) is 12.4 Å². The van der Waals surface area contributed by atoms with Gasteiger partial charge >= 0.3 is 0 Å². The quantitative estimate of drug-likeness (QED) is 0.812. The van der Waals surface area contributed by atoms with Crippen LogP contribution in [0.5, 0.6) is 0 Å². The molecule has 1 N–H and O–H groups in total. The second-order valence-electron chi connectivity index (χ2n) is 4.00. The molecule has 1 aliphatic heterocycles. The lowest BCUT2D eigenvalue weighted by molar-refractivity contribution is 0.0852. The molecule has 1 aromatic heterocycles. The van der Waals surface area contributed by atoms with Crippen LogP contribution < -0.4 is 4.90 Å². The lowest BCUT2D eigenvalue weighted by Crippen LogP contribution is -2.37. The molecule has 0 radical (unpaired) electrons. The molecule has 0 saturated carbocycles. The van der Waals surface area contributed by atoms with E-state index in [2.05, 4.69) is 14.9 Å². The van der Waals surface area contributed by atoms with Crippen LogP contribution in [0.15, 0.2) is 12.4 Å². The molecule has 0 atom stereocenters. The van der Waals surface area contributed by atoms with Crippen LogP contribution in [0.2, 0.25) is 0 Å². The predicted molar refractivity (Wildman–Crippen MR) is 60.2 cm³/mol. The first-order valence-corrected chi connectivity index (χ1v) is 5.53. The van der Waals surface area contributed by atoms with Crippen LogP contribution in [0.4, 0.5) is 5.95 Å². The molecule has 2 heterocycles. The number of aliphatic hydroxyl groups is 1. The summed E-state index contributed by atoms with van der Waals surface area (Å²) in [4.78, 5) is 10.6. The summed E-state index contributed by atoms with van der Waals surface area (Å²) in [5, 5.41) is 8.91. The van der Waals surface area contributed by atoms with Crippen molar-refractivity contribution in [3.63, 3.8) is 0 Å². The van der Waals surface area contributed by atoms with Crippen LogP contribution in [0.25, 0.3) is 0 Å². The summed E-state index contributed by atoms with van der Waals surface area (Å²) in [6.07, 6.45) is 5.36. The zero-order chi connectivity index (χ0) is 11.4. The Kier molecular flexibility index (Phi) is 3.69. The Morgan fingerprint density at radius 1 is 1.38 bits per heavy atom. The number of ether oxygens (including phenoxy) is 1. The topological polar surface area (TPSA) is 58.5 Å². The van der Waals surface area contributed by atoms with Crippen LogP contribution >= 0.6 is 0 Å². The molecule has 16 heavy (non-hydrogen) atoms. The number of anilines is 1. The number of aromatic nitrogens is 2. The van der Waals surface area contributed by atoms with E-state index >= 15 is 0 Å². The number of rotatable bonds is 3. The van der Waals surface area contributed by atoms with Gasteiger partial charge in [-0.3, -0.25) is 0 Å². The van der Waals surface area contributed by atoms with Crippen molar-refractivity contribution < 1.29 is 9.84 Å². The van der Waals surface area contributed by atoms with Crippen molar-refractivity contribution in [1.82, 2.24) is 9.97 Å². The molecule has 5 nitrogen and oxygen atoms in total. The van der Waals surface area contributed by atoms with Gasteiger partial charge in [0, 0.05) is 44.3 Å². The van der Waals surface area contributed by atoms with Crippen molar-refractivity contribution in [2.24, 2.45) is 0 Å². The Labute approximate surface area is 95.1 Å². The molecule has 88 valence electrons. The molecule has 5 heteroatoms. The van der Waals surface area contributed by atoms with E-state index in [0.717, 1.165) is 31.6 Å². The second kappa shape index (κ2) is 5.23. The summed E-state index contributed by atoms with van der Waals surface area (Å²) in [6.45, 7) is 1.61. The average Bonchev–Trinajstić information content (AvgIpc) is 2.39. The number of hydrogen-bond donors (Lipinski definition) is 1. The van der Waals surface area contributed by atoms with Gasteiger partial charge in [-0.15, -0.1) is 0 Å². The molecule has 1 aliphatic rings. The van der Waals surface area contributed by atoms with Gasteiger partial charge in [-0.2, -0.15) is 0 Å². The van der Waals surface area contributed by atoms with Gasteiger partial charge in [0.15, 0.2) is 0 Å². The summed E-state index contributed by atoms with van der Waals surface area (Å²) in [7, 11) is 2.00. The standard InChI is InChI=1S/C11H17N3O2/c1-14(10-2-4-16-5-3-10)11-12-6-9(8-15)7-13-11/h6-7,10,15H,2-5,8H2,1H3. The molecular weight excluding hydrogens is 206 g/mol. The first kappa shape index (κ1) is 11.3. The van der Waals surface area contributed by atoms with Gasteiger partial charge in [0.2, 0.25) is 5.95 Å². The lowest BCUT2D eigenvalue weighted by Gasteiger charge is -2.31. The number of aliphatic hydroxyl groups excluding tert-OH is 1. The van der Waals surface area contributed by atoms with Gasteiger partial charge in [0.25, 0.3) is 0 Å². The highest BCUT2D eigenvalue weighted by atomic mass is 16.5. The van der Waals surface area contributed by atoms with Crippen molar-refractivity contribution in [1.29, 1.82) is 0 Å². The van der Waals surface area contributed by atoms with Gasteiger partial charge in [-0.1, -0.05) is 0 Å². The maximum absolute atomic E-state index is 8.91. The van der Waals surface area contributed by atoms with Crippen LogP contribution in [-0.2, 0) is 11.3 Å². The monoisotopic (exact) mass is 223 g/mol. The fourth-order valence-electron chi connectivity index (χ4n) is 1.85. The Morgan fingerprint density at radius 2 is 2.00 bits per heavy atom. The van der Waals surface area contributed by atoms with Crippen LogP contribution in [0.1, 0.15) is 18.4 Å². The van der Waals surface area contributed by atoms with Gasteiger partial charge in [0.05, 0.1) is 6.61 Å². The highest BCUT2D eigenvalue weighted by Gasteiger charge is 2.20. The minimum Gasteiger partial charge on any atom is -0.392 e. The molecule has 1 fully saturated rings. The molecule has 1 aromatic rings. The smallest absolute Gasteiger partial charge is 0.225 e. The Hall–Kier alpha value is -1.20. The third kappa shape index (κ3) is 2.48. The molecule has 0 bridgehead atoms. The summed E-state index contributed by atoms with van der Waals surface area (Å²) in [5.41, 5.74) is 0.740. The van der Waals surface area contributed by atoms with E-state index in [9.17, 15) is 0 Å². The summed E-state index contributed by atoms with van der Waals surface area (Å²) < 4.78 is 5.32. The third-order valence-electron chi connectivity index (χ3n) is 2.93. The van der Waals surface area contributed by atoms with E-state index < -0.39 is 0 Å². The molecule has 1 saturated heterocycles. The first-order chi connectivity index (χ1) is 7.81. The summed E-state index contributed by atoms with van der Waals surface area (Å²) in [6, 6.07) is 0.453. The number of nitrogens with zero attached hydrogens (tertiary/aromatic N) is 3. The van der Waals surface area contributed by atoms with E-state index in [1.807, 2.05) is 7.05 Å².